The molecule has 1 N–H and O–H groups in total. The molecule has 1 aromatic heterocycles. The van der Waals surface area contributed by atoms with Gasteiger partial charge in [0.05, 0.1) is 34.0 Å². The van der Waals surface area contributed by atoms with Gasteiger partial charge >= 0.3 is 11.4 Å². The van der Waals surface area contributed by atoms with Crippen molar-refractivity contribution in [2.45, 2.75) is 6.92 Å². The van der Waals surface area contributed by atoms with Gasteiger partial charge in [0.2, 0.25) is 0 Å². The fraction of sp³-hybridized carbons (Fsp3) is 0.105. The number of aryl methyl sites for hydroxylation is 1. The second-order valence-electron chi connectivity index (χ2n) is 6.02. The van der Waals surface area contributed by atoms with Crippen LogP contribution < -0.4 is 4.74 Å². The zero-order chi connectivity index (χ0) is 23.1. The molecule has 0 aliphatic carbocycles. The van der Waals surface area contributed by atoms with Gasteiger partial charge in [0, 0.05) is 12.4 Å². The predicted octanol–water partition coefficient (Wildman–Crippen LogP) is 4.18. The minimum atomic E-state index is -1.21. The summed E-state index contributed by atoms with van der Waals surface area (Å²) in [5, 5.41) is 40.2. The van der Waals surface area contributed by atoms with Gasteiger partial charge in [0.15, 0.2) is 0 Å². The van der Waals surface area contributed by atoms with Crippen molar-refractivity contribution in [3.8, 4) is 22.6 Å². The van der Waals surface area contributed by atoms with E-state index in [2.05, 4.69) is 24.0 Å². The third-order valence-electron chi connectivity index (χ3n) is 4.08. The molecule has 2 aromatic carbocycles. The van der Waals surface area contributed by atoms with E-state index in [4.69, 9.17) is 9.84 Å². The van der Waals surface area contributed by atoms with Crippen LogP contribution in [0, 0.1) is 37.3 Å². The van der Waals surface area contributed by atoms with Gasteiger partial charge in [0.1, 0.15) is 5.75 Å². The van der Waals surface area contributed by atoms with Gasteiger partial charge in [0.25, 0.3) is 11.4 Å². The molecule has 0 unspecified atom stereocenters. The topological polar surface area (TPSA) is 172 Å². The number of nitrogens with zero attached hydrogens (tertiary/aromatic N) is 4. The first-order chi connectivity index (χ1) is 14.6. The van der Waals surface area contributed by atoms with Crippen LogP contribution >= 0.6 is 0 Å². The Bertz CT molecular complexity index is 1100. The summed E-state index contributed by atoms with van der Waals surface area (Å²) in [6, 6.07) is 11.0. The molecule has 0 fully saturated rings. The van der Waals surface area contributed by atoms with E-state index in [0.717, 1.165) is 5.75 Å². The lowest BCUT2D eigenvalue weighted by molar-refractivity contribution is -0.404. The summed E-state index contributed by atoms with van der Waals surface area (Å²) in [5.41, 5.74) is 0.587. The standard InChI is InChI=1S/C13H13NO.C6H3N3O7/c1-10-9-14-8-7-13(10)11-3-5-12(15-2)6-4-11;10-6-4(8(13)14)1-3(7(11)12)2-5(6)9(15)16/h3-9H,1-2H3;1-2,10H. The molecular formula is C19H16N4O8. The second kappa shape index (κ2) is 9.73. The highest BCUT2D eigenvalue weighted by atomic mass is 16.6. The number of rotatable bonds is 5. The Hall–Kier alpha value is -4.61. The number of ether oxygens (including phenoxy) is 1. The summed E-state index contributed by atoms with van der Waals surface area (Å²) in [7, 11) is 1.67. The van der Waals surface area contributed by atoms with Gasteiger partial charge in [-0.3, -0.25) is 35.3 Å². The molecule has 160 valence electrons. The van der Waals surface area contributed by atoms with Gasteiger partial charge in [-0.25, -0.2) is 0 Å². The zero-order valence-electron chi connectivity index (χ0n) is 16.3. The Morgan fingerprint density at radius 2 is 1.45 bits per heavy atom. The Morgan fingerprint density at radius 3 is 1.87 bits per heavy atom. The van der Waals surface area contributed by atoms with Crippen molar-refractivity contribution in [1.29, 1.82) is 0 Å². The Morgan fingerprint density at radius 1 is 0.903 bits per heavy atom. The summed E-state index contributed by atoms with van der Waals surface area (Å²) in [5.74, 6) is -0.328. The maximum atomic E-state index is 10.4. The molecule has 3 rings (SSSR count). The van der Waals surface area contributed by atoms with E-state index in [9.17, 15) is 30.3 Å². The van der Waals surface area contributed by atoms with Gasteiger partial charge in [-0.05, 0) is 41.8 Å². The number of hydrogen-bond acceptors (Lipinski definition) is 9. The summed E-state index contributed by atoms with van der Waals surface area (Å²) in [6.07, 6.45) is 3.69. The number of pyridine rings is 1. The molecule has 0 saturated heterocycles. The number of nitro groups is 3. The van der Waals surface area contributed by atoms with Crippen molar-refractivity contribution in [2.24, 2.45) is 0 Å². The zero-order valence-corrected chi connectivity index (χ0v) is 16.3. The van der Waals surface area contributed by atoms with E-state index >= 15 is 0 Å². The fourth-order valence-electron chi connectivity index (χ4n) is 2.54. The molecule has 0 saturated carbocycles. The molecular weight excluding hydrogens is 412 g/mol. The third-order valence-corrected chi connectivity index (χ3v) is 4.08. The number of aromatic nitrogens is 1. The van der Waals surface area contributed by atoms with Crippen LogP contribution in [-0.2, 0) is 0 Å². The lowest BCUT2D eigenvalue weighted by Gasteiger charge is -2.06. The molecule has 0 aliphatic heterocycles. The van der Waals surface area contributed by atoms with Crippen molar-refractivity contribution >= 4 is 17.1 Å². The van der Waals surface area contributed by atoms with E-state index in [0.29, 0.717) is 12.1 Å². The average Bonchev–Trinajstić information content (AvgIpc) is 2.74. The van der Waals surface area contributed by atoms with Gasteiger partial charge in [-0.15, -0.1) is 0 Å². The van der Waals surface area contributed by atoms with Crippen molar-refractivity contribution < 1.29 is 24.6 Å². The second-order valence-corrected chi connectivity index (χ2v) is 6.02. The van der Waals surface area contributed by atoms with Gasteiger partial charge in [-0.1, -0.05) is 12.1 Å². The molecule has 3 aromatic rings. The largest absolute Gasteiger partial charge is 0.497 e. The van der Waals surface area contributed by atoms with Crippen LogP contribution in [0.25, 0.3) is 11.1 Å². The Kier molecular flexibility index (Phi) is 7.12. The fourth-order valence-corrected chi connectivity index (χ4v) is 2.54. The van der Waals surface area contributed by atoms with E-state index in [1.165, 1.54) is 16.7 Å². The molecule has 12 heteroatoms. The Balaban J connectivity index is 0.000000220. The van der Waals surface area contributed by atoms with Crippen LogP contribution in [0.1, 0.15) is 5.56 Å². The SMILES string of the molecule is COc1ccc(-c2ccncc2C)cc1.O=[N+]([O-])c1cc([N+](=O)[O-])c(O)c([N+](=O)[O-])c1. The van der Waals surface area contributed by atoms with Crippen LogP contribution in [0.15, 0.2) is 54.9 Å². The minimum absolute atomic E-state index is 0.447. The molecule has 1 heterocycles. The van der Waals surface area contributed by atoms with Crippen molar-refractivity contribution in [1.82, 2.24) is 4.98 Å². The first-order valence-electron chi connectivity index (χ1n) is 8.51. The van der Waals surface area contributed by atoms with Crippen LogP contribution in [0.3, 0.4) is 0 Å². The monoisotopic (exact) mass is 428 g/mol. The number of aromatic hydroxyl groups is 1. The van der Waals surface area contributed by atoms with E-state index in [-0.39, 0.29) is 0 Å². The predicted molar refractivity (Wildman–Crippen MR) is 109 cm³/mol. The van der Waals surface area contributed by atoms with Crippen molar-refractivity contribution in [2.75, 3.05) is 7.11 Å². The number of benzene rings is 2. The Labute approximate surface area is 174 Å². The first kappa shape index (κ1) is 22.7. The summed E-state index contributed by atoms with van der Waals surface area (Å²) in [6.45, 7) is 2.06. The average molecular weight is 428 g/mol. The van der Waals surface area contributed by atoms with Crippen LogP contribution in [0.2, 0.25) is 0 Å². The molecule has 12 nitrogen and oxygen atoms in total. The first-order valence-corrected chi connectivity index (χ1v) is 8.51. The maximum absolute atomic E-state index is 10.4. The van der Waals surface area contributed by atoms with E-state index < -0.39 is 37.6 Å². The van der Waals surface area contributed by atoms with Crippen LogP contribution in [0.5, 0.6) is 11.5 Å². The van der Waals surface area contributed by atoms with Crippen LogP contribution in [0.4, 0.5) is 17.1 Å². The maximum Gasteiger partial charge on any atom is 0.324 e. The number of nitro benzene ring substituents is 3. The molecule has 0 radical (unpaired) electrons. The number of phenols is 1. The van der Waals surface area contributed by atoms with Gasteiger partial charge in [-0.2, -0.15) is 0 Å². The van der Waals surface area contributed by atoms with E-state index in [1.54, 1.807) is 7.11 Å². The normalized spacial score (nSPS) is 9.87. The molecule has 0 spiro atoms. The number of hydrogen-bond donors (Lipinski definition) is 1. The molecule has 31 heavy (non-hydrogen) atoms. The third kappa shape index (κ3) is 5.47. The highest BCUT2D eigenvalue weighted by molar-refractivity contribution is 5.67. The summed E-state index contributed by atoms with van der Waals surface area (Å²) < 4.78 is 5.12. The molecule has 0 aliphatic rings. The lowest BCUT2D eigenvalue weighted by atomic mass is 10.0. The van der Waals surface area contributed by atoms with Crippen molar-refractivity contribution in [3.63, 3.8) is 0 Å². The number of phenolic OH excluding ortho intramolecular Hbond substituents is 1. The minimum Gasteiger partial charge on any atom is -0.497 e. The number of non-ortho nitro benzene ring substituents is 1. The smallest absolute Gasteiger partial charge is 0.324 e. The molecule has 0 amide bonds. The highest BCUT2D eigenvalue weighted by Gasteiger charge is 2.30. The summed E-state index contributed by atoms with van der Waals surface area (Å²) in [4.78, 5) is 31.8. The molecule has 0 atom stereocenters. The van der Waals surface area contributed by atoms with Gasteiger partial charge < -0.3 is 9.84 Å². The lowest BCUT2D eigenvalue weighted by Crippen LogP contribution is -1.97. The summed E-state index contributed by atoms with van der Waals surface area (Å²) >= 11 is 0. The quantitative estimate of drug-likeness (QED) is 0.462. The van der Waals surface area contributed by atoms with Crippen LogP contribution in [-0.4, -0.2) is 32.0 Å². The van der Waals surface area contributed by atoms with Crippen molar-refractivity contribution in [3.05, 3.63) is 90.8 Å². The molecule has 0 bridgehead atoms. The van der Waals surface area contributed by atoms with E-state index in [1.807, 2.05) is 30.6 Å². The number of methoxy groups -OCH3 is 1. The highest BCUT2D eigenvalue weighted by Crippen LogP contribution is 2.38.